The molecule has 3 heterocycles. The fourth-order valence-electron chi connectivity index (χ4n) is 1.68. The van der Waals surface area contributed by atoms with Gasteiger partial charge in [-0.05, 0) is 6.42 Å². The Morgan fingerprint density at radius 3 is 3.06 bits per heavy atom. The van der Waals surface area contributed by atoms with E-state index in [2.05, 4.69) is 4.98 Å². The van der Waals surface area contributed by atoms with Crippen molar-refractivity contribution in [3.8, 4) is 0 Å². The zero-order valence-corrected chi connectivity index (χ0v) is 10.9. The number of halogens is 1. The van der Waals surface area contributed by atoms with Crippen molar-refractivity contribution in [3.63, 3.8) is 0 Å². The first-order valence-corrected chi connectivity index (χ1v) is 7.57. The van der Waals surface area contributed by atoms with Gasteiger partial charge in [0.05, 0.1) is 6.61 Å². The highest BCUT2D eigenvalue weighted by Crippen LogP contribution is 2.29. The van der Waals surface area contributed by atoms with Crippen molar-refractivity contribution < 1.29 is 13.3 Å². The van der Waals surface area contributed by atoms with E-state index < -0.39 is 10.0 Å². The van der Waals surface area contributed by atoms with Crippen molar-refractivity contribution in [3.05, 3.63) is 16.7 Å². The lowest BCUT2D eigenvalue weighted by atomic mass is 10.5. The van der Waals surface area contributed by atoms with Crippen molar-refractivity contribution >= 4 is 37.9 Å². The molecule has 0 saturated carbocycles. The predicted octanol–water partition coefficient (Wildman–Crippen LogP) is 1.38. The number of imidazole rings is 1. The molecule has 1 saturated heterocycles. The molecule has 0 atom stereocenters. The smallest absolute Gasteiger partial charge is 0.284 e. The molecule has 1 aliphatic heterocycles. The monoisotopic (exact) mass is 293 g/mol. The highest BCUT2D eigenvalue weighted by molar-refractivity contribution is 7.89. The molecule has 6 nitrogen and oxygen atoms in total. The van der Waals surface area contributed by atoms with Gasteiger partial charge in [0.2, 0.25) is 0 Å². The van der Waals surface area contributed by atoms with Gasteiger partial charge in [-0.1, -0.05) is 16.1 Å². The lowest BCUT2D eigenvalue weighted by Crippen LogP contribution is -2.28. The SMILES string of the molecule is O=S(=O)(c1c(Cl)nc2sccn12)N1CCCO1. The Balaban J connectivity index is 2.19. The number of rotatable bonds is 2. The van der Waals surface area contributed by atoms with Crippen molar-refractivity contribution in [2.24, 2.45) is 0 Å². The van der Waals surface area contributed by atoms with Crippen molar-refractivity contribution in [2.45, 2.75) is 11.4 Å². The molecule has 0 amide bonds. The average Bonchev–Trinajstić information content (AvgIpc) is 2.88. The van der Waals surface area contributed by atoms with Crippen LogP contribution in [-0.4, -0.2) is 35.4 Å². The molecule has 9 heteroatoms. The zero-order chi connectivity index (χ0) is 12.0. The lowest BCUT2D eigenvalue weighted by molar-refractivity contribution is -0.0287. The standard InChI is InChI=1S/C8H8ClN3O3S2/c9-6-7(11-3-5-16-8(11)10-6)17(13,14)12-2-1-4-15-12/h3,5H,1-2,4H2. The minimum absolute atomic E-state index is 0.0210. The third kappa shape index (κ3) is 1.67. The Morgan fingerprint density at radius 2 is 2.35 bits per heavy atom. The Bertz CT molecular complexity index is 657. The van der Waals surface area contributed by atoms with Crippen LogP contribution in [0.15, 0.2) is 16.6 Å². The number of nitrogens with zero attached hydrogens (tertiary/aromatic N) is 3. The van der Waals surface area contributed by atoms with Crippen LogP contribution in [0, 0.1) is 0 Å². The van der Waals surface area contributed by atoms with Crippen LogP contribution >= 0.6 is 22.9 Å². The third-order valence-corrected chi connectivity index (χ3v) is 5.25. The van der Waals surface area contributed by atoms with E-state index in [-0.39, 0.29) is 10.2 Å². The first kappa shape index (κ1) is 11.4. The molecule has 0 radical (unpaired) electrons. The van der Waals surface area contributed by atoms with Gasteiger partial charge in [-0.3, -0.25) is 9.24 Å². The summed E-state index contributed by atoms with van der Waals surface area (Å²) in [6.45, 7) is 0.748. The maximum Gasteiger partial charge on any atom is 0.284 e. The summed E-state index contributed by atoms with van der Waals surface area (Å²) >= 11 is 7.21. The van der Waals surface area contributed by atoms with Crippen LogP contribution in [0.5, 0.6) is 0 Å². The van der Waals surface area contributed by atoms with E-state index >= 15 is 0 Å². The molecule has 0 aromatic carbocycles. The number of sulfonamides is 1. The molecule has 0 bridgehead atoms. The summed E-state index contributed by atoms with van der Waals surface area (Å²) in [7, 11) is -3.74. The minimum atomic E-state index is -3.74. The fraction of sp³-hybridized carbons (Fsp3) is 0.375. The summed E-state index contributed by atoms with van der Waals surface area (Å²) in [5.41, 5.74) is 0. The maximum absolute atomic E-state index is 12.3. The van der Waals surface area contributed by atoms with Gasteiger partial charge in [0, 0.05) is 18.1 Å². The summed E-state index contributed by atoms with van der Waals surface area (Å²) < 4.78 is 27.0. The van der Waals surface area contributed by atoms with E-state index in [0.29, 0.717) is 24.5 Å². The van der Waals surface area contributed by atoms with Gasteiger partial charge < -0.3 is 0 Å². The van der Waals surface area contributed by atoms with Crippen molar-refractivity contribution in [1.82, 2.24) is 13.9 Å². The van der Waals surface area contributed by atoms with Gasteiger partial charge in [0.1, 0.15) is 0 Å². The summed E-state index contributed by atoms with van der Waals surface area (Å²) in [5, 5.41) is 1.70. The largest absolute Gasteiger partial charge is 0.284 e. The van der Waals surface area contributed by atoms with Crippen LogP contribution in [-0.2, 0) is 14.9 Å². The van der Waals surface area contributed by atoms with E-state index in [1.54, 1.807) is 11.6 Å². The second-order valence-corrected chi connectivity index (χ2v) is 6.46. The number of thiazole rings is 1. The first-order chi connectivity index (χ1) is 8.10. The number of fused-ring (bicyclic) bond motifs is 1. The molecule has 1 fully saturated rings. The number of hydroxylamine groups is 1. The first-order valence-electron chi connectivity index (χ1n) is 4.87. The lowest BCUT2D eigenvalue weighted by Gasteiger charge is -2.13. The second-order valence-electron chi connectivity index (χ2n) is 3.48. The van der Waals surface area contributed by atoms with E-state index in [4.69, 9.17) is 16.4 Å². The topological polar surface area (TPSA) is 63.9 Å². The number of hydrogen-bond donors (Lipinski definition) is 0. The van der Waals surface area contributed by atoms with Gasteiger partial charge >= 0.3 is 0 Å². The van der Waals surface area contributed by atoms with Crippen LogP contribution in [0.25, 0.3) is 4.96 Å². The van der Waals surface area contributed by atoms with Gasteiger partial charge in [-0.15, -0.1) is 11.3 Å². The zero-order valence-electron chi connectivity index (χ0n) is 8.54. The molecule has 92 valence electrons. The molecular weight excluding hydrogens is 286 g/mol. The molecule has 2 aromatic heterocycles. The summed E-state index contributed by atoms with van der Waals surface area (Å²) in [5.74, 6) is 0. The third-order valence-electron chi connectivity index (χ3n) is 2.41. The number of aromatic nitrogens is 2. The second kappa shape index (κ2) is 3.92. The highest BCUT2D eigenvalue weighted by Gasteiger charge is 2.34. The van der Waals surface area contributed by atoms with Crippen LogP contribution in [0.2, 0.25) is 5.15 Å². The van der Waals surface area contributed by atoms with Crippen LogP contribution < -0.4 is 0 Å². The molecule has 0 spiro atoms. The normalized spacial score (nSPS) is 18.2. The quantitative estimate of drug-likeness (QED) is 0.839. The van der Waals surface area contributed by atoms with Gasteiger partial charge in [-0.2, -0.15) is 0 Å². The molecule has 2 aromatic rings. The number of hydrogen-bond acceptors (Lipinski definition) is 5. The van der Waals surface area contributed by atoms with Gasteiger partial charge in [0.15, 0.2) is 15.1 Å². The molecule has 1 aliphatic rings. The molecule has 0 unspecified atom stereocenters. The van der Waals surface area contributed by atoms with E-state index in [0.717, 1.165) is 4.47 Å². The van der Waals surface area contributed by atoms with Crippen LogP contribution in [0.1, 0.15) is 6.42 Å². The van der Waals surface area contributed by atoms with Gasteiger partial charge in [-0.25, -0.2) is 13.4 Å². The Kier molecular flexibility index (Phi) is 2.64. The molecule has 3 rings (SSSR count). The minimum Gasteiger partial charge on any atom is -0.284 e. The molecular formula is C8H8ClN3O3S2. The van der Waals surface area contributed by atoms with E-state index in [1.807, 2.05) is 0 Å². The average molecular weight is 294 g/mol. The summed E-state index contributed by atoms with van der Waals surface area (Å²) in [4.78, 5) is 9.62. The summed E-state index contributed by atoms with van der Waals surface area (Å²) in [6, 6.07) is 0. The maximum atomic E-state index is 12.3. The van der Waals surface area contributed by atoms with E-state index in [9.17, 15) is 8.42 Å². The summed E-state index contributed by atoms with van der Waals surface area (Å²) in [6.07, 6.45) is 2.31. The Labute approximate surface area is 106 Å². The Hall–Kier alpha value is -0.670. The van der Waals surface area contributed by atoms with Gasteiger partial charge in [0.25, 0.3) is 10.0 Å². The van der Waals surface area contributed by atoms with E-state index in [1.165, 1.54) is 15.7 Å². The van der Waals surface area contributed by atoms with Crippen LogP contribution in [0.4, 0.5) is 0 Å². The molecule has 17 heavy (non-hydrogen) atoms. The van der Waals surface area contributed by atoms with Crippen LogP contribution in [0.3, 0.4) is 0 Å². The highest BCUT2D eigenvalue weighted by atomic mass is 35.5. The molecule has 0 aliphatic carbocycles. The fourth-order valence-corrected chi connectivity index (χ4v) is 4.40. The van der Waals surface area contributed by atoms with Crippen molar-refractivity contribution in [1.29, 1.82) is 0 Å². The molecule has 0 N–H and O–H groups in total. The predicted molar refractivity (Wildman–Crippen MR) is 62.5 cm³/mol. The van der Waals surface area contributed by atoms with Crippen molar-refractivity contribution in [2.75, 3.05) is 13.2 Å². The Morgan fingerprint density at radius 1 is 1.53 bits per heavy atom.